The quantitative estimate of drug-likeness (QED) is 0.898. The van der Waals surface area contributed by atoms with E-state index in [1.807, 2.05) is 19.1 Å². The molecule has 0 aliphatic heterocycles. The van der Waals surface area contributed by atoms with Gasteiger partial charge in [-0.15, -0.1) is 0 Å². The van der Waals surface area contributed by atoms with Crippen LogP contribution in [0.15, 0.2) is 42.5 Å². The van der Waals surface area contributed by atoms with Gasteiger partial charge < -0.3 is 10.5 Å². The summed E-state index contributed by atoms with van der Waals surface area (Å²) < 4.78 is 18.9. The summed E-state index contributed by atoms with van der Waals surface area (Å²) in [6, 6.07) is 11.5. The monoisotopic (exact) mass is 265 g/mol. The molecular weight excluding hydrogens is 253 g/mol. The first-order valence-corrected chi connectivity index (χ1v) is 5.92. The second kappa shape index (κ2) is 5.38. The van der Waals surface area contributed by atoms with Gasteiger partial charge in [0.2, 0.25) is 0 Å². The molecule has 0 heterocycles. The van der Waals surface area contributed by atoms with Crippen molar-refractivity contribution in [1.29, 1.82) is 0 Å². The van der Waals surface area contributed by atoms with Gasteiger partial charge in [-0.1, -0.05) is 23.7 Å². The van der Waals surface area contributed by atoms with Gasteiger partial charge in [0.05, 0.1) is 0 Å². The smallest absolute Gasteiger partial charge is 0.167 e. The minimum Gasteiger partial charge on any atom is -0.454 e. The van der Waals surface area contributed by atoms with Gasteiger partial charge in [0.25, 0.3) is 0 Å². The molecule has 0 amide bonds. The molecule has 18 heavy (non-hydrogen) atoms. The highest BCUT2D eigenvalue weighted by Crippen LogP contribution is 2.27. The second-order valence-corrected chi connectivity index (χ2v) is 4.47. The fraction of sp³-hybridized carbons (Fsp3) is 0.143. The first-order chi connectivity index (χ1) is 8.56. The Morgan fingerprint density at radius 2 is 1.83 bits per heavy atom. The summed E-state index contributed by atoms with van der Waals surface area (Å²) in [5.74, 6) is 0.215. The molecule has 0 saturated carbocycles. The zero-order valence-electron chi connectivity index (χ0n) is 9.86. The van der Waals surface area contributed by atoms with Crippen LogP contribution in [0.4, 0.5) is 4.39 Å². The topological polar surface area (TPSA) is 35.2 Å². The maximum absolute atomic E-state index is 13.5. The maximum Gasteiger partial charge on any atom is 0.167 e. The molecule has 94 valence electrons. The molecule has 1 unspecified atom stereocenters. The SMILES string of the molecule is CC(N)c1ccc(Oc2ccc(Cl)cc2F)cc1. The van der Waals surface area contributed by atoms with Crippen LogP contribution >= 0.6 is 11.6 Å². The first kappa shape index (κ1) is 12.9. The molecule has 0 saturated heterocycles. The lowest BCUT2D eigenvalue weighted by Gasteiger charge is -2.09. The molecule has 2 N–H and O–H groups in total. The second-order valence-electron chi connectivity index (χ2n) is 4.03. The number of hydrogen-bond acceptors (Lipinski definition) is 2. The molecule has 2 nitrogen and oxygen atoms in total. The number of benzene rings is 2. The van der Waals surface area contributed by atoms with Gasteiger partial charge in [0.15, 0.2) is 11.6 Å². The fourth-order valence-electron chi connectivity index (χ4n) is 1.52. The summed E-state index contributed by atoms with van der Waals surface area (Å²) in [6.07, 6.45) is 0. The summed E-state index contributed by atoms with van der Waals surface area (Å²) >= 11 is 5.67. The van der Waals surface area contributed by atoms with Gasteiger partial charge >= 0.3 is 0 Å². The summed E-state index contributed by atoms with van der Waals surface area (Å²) in [6.45, 7) is 1.90. The van der Waals surface area contributed by atoms with Crippen molar-refractivity contribution >= 4 is 11.6 Å². The van der Waals surface area contributed by atoms with Crippen LogP contribution in [-0.4, -0.2) is 0 Å². The van der Waals surface area contributed by atoms with Gasteiger partial charge in [0, 0.05) is 11.1 Å². The van der Waals surface area contributed by atoms with Crippen LogP contribution < -0.4 is 10.5 Å². The minimum absolute atomic E-state index is 0.0358. The van der Waals surface area contributed by atoms with E-state index in [1.165, 1.54) is 12.1 Å². The maximum atomic E-state index is 13.5. The standard InChI is InChI=1S/C14H13ClFNO/c1-9(17)10-2-5-12(6-3-10)18-14-7-4-11(15)8-13(14)16/h2-9H,17H2,1H3. The molecule has 0 aromatic heterocycles. The molecule has 0 spiro atoms. The largest absolute Gasteiger partial charge is 0.454 e. The Labute approximate surface area is 110 Å². The number of halogens is 2. The highest BCUT2D eigenvalue weighted by atomic mass is 35.5. The van der Waals surface area contributed by atoms with Crippen LogP contribution in [0.25, 0.3) is 0 Å². The molecule has 0 radical (unpaired) electrons. The molecular formula is C14H13ClFNO. The summed E-state index contributed by atoms with van der Waals surface area (Å²) in [5, 5.41) is 0.340. The molecule has 1 atom stereocenters. The van der Waals surface area contributed by atoms with Crippen LogP contribution in [0.2, 0.25) is 5.02 Å². The molecule has 0 bridgehead atoms. The van der Waals surface area contributed by atoms with Crippen LogP contribution in [0.3, 0.4) is 0 Å². The Morgan fingerprint density at radius 1 is 1.17 bits per heavy atom. The third-order valence-corrected chi connectivity index (χ3v) is 2.76. The molecule has 2 aromatic carbocycles. The number of nitrogens with two attached hydrogens (primary N) is 1. The zero-order chi connectivity index (χ0) is 13.1. The van der Waals surface area contributed by atoms with Gasteiger partial charge in [-0.3, -0.25) is 0 Å². The third kappa shape index (κ3) is 3.00. The van der Waals surface area contributed by atoms with Crippen LogP contribution in [0.1, 0.15) is 18.5 Å². The average molecular weight is 266 g/mol. The molecule has 0 aliphatic rings. The summed E-state index contributed by atoms with van der Waals surface area (Å²) in [4.78, 5) is 0. The van der Waals surface area contributed by atoms with Gasteiger partial charge in [-0.05, 0) is 42.8 Å². The van der Waals surface area contributed by atoms with Crippen molar-refractivity contribution in [3.63, 3.8) is 0 Å². The predicted octanol–water partition coefficient (Wildman–Crippen LogP) is 4.29. The highest BCUT2D eigenvalue weighted by molar-refractivity contribution is 6.30. The average Bonchev–Trinajstić information content (AvgIpc) is 2.33. The van der Waals surface area contributed by atoms with Crippen molar-refractivity contribution in [2.45, 2.75) is 13.0 Å². The van der Waals surface area contributed by atoms with E-state index < -0.39 is 5.82 Å². The summed E-state index contributed by atoms with van der Waals surface area (Å²) in [5.41, 5.74) is 6.74. The van der Waals surface area contributed by atoms with Crippen molar-refractivity contribution in [3.05, 3.63) is 58.9 Å². The van der Waals surface area contributed by atoms with Crippen LogP contribution in [-0.2, 0) is 0 Å². The Hall–Kier alpha value is -1.58. The molecule has 2 rings (SSSR count). The van der Waals surface area contributed by atoms with Crippen molar-refractivity contribution in [2.24, 2.45) is 5.73 Å². The van der Waals surface area contributed by atoms with Gasteiger partial charge in [0.1, 0.15) is 5.75 Å². The van der Waals surface area contributed by atoms with E-state index in [1.54, 1.807) is 18.2 Å². The Kier molecular flexibility index (Phi) is 3.84. The van der Waals surface area contributed by atoms with E-state index in [4.69, 9.17) is 22.1 Å². The Balaban J connectivity index is 2.18. The normalized spacial score (nSPS) is 12.2. The number of ether oxygens (including phenoxy) is 1. The van der Waals surface area contributed by atoms with Crippen molar-refractivity contribution in [3.8, 4) is 11.5 Å². The Bertz CT molecular complexity index is 540. The highest BCUT2D eigenvalue weighted by Gasteiger charge is 2.06. The van der Waals surface area contributed by atoms with E-state index in [-0.39, 0.29) is 11.8 Å². The Morgan fingerprint density at radius 3 is 2.39 bits per heavy atom. The van der Waals surface area contributed by atoms with E-state index in [0.717, 1.165) is 5.56 Å². The molecule has 0 aliphatic carbocycles. The van der Waals surface area contributed by atoms with E-state index in [2.05, 4.69) is 0 Å². The number of rotatable bonds is 3. The van der Waals surface area contributed by atoms with Gasteiger partial charge in [-0.25, -0.2) is 4.39 Å². The van der Waals surface area contributed by atoms with Crippen LogP contribution in [0.5, 0.6) is 11.5 Å². The van der Waals surface area contributed by atoms with Gasteiger partial charge in [-0.2, -0.15) is 0 Å². The lowest BCUT2D eigenvalue weighted by atomic mass is 10.1. The number of hydrogen-bond donors (Lipinski definition) is 1. The van der Waals surface area contributed by atoms with Crippen molar-refractivity contribution in [1.82, 2.24) is 0 Å². The predicted molar refractivity (Wildman–Crippen MR) is 70.5 cm³/mol. The third-order valence-electron chi connectivity index (χ3n) is 2.53. The van der Waals surface area contributed by atoms with Crippen molar-refractivity contribution < 1.29 is 9.13 Å². The molecule has 0 fully saturated rings. The van der Waals surface area contributed by atoms with E-state index in [9.17, 15) is 4.39 Å². The van der Waals surface area contributed by atoms with Crippen molar-refractivity contribution in [2.75, 3.05) is 0 Å². The first-order valence-electron chi connectivity index (χ1n) is 5.54. The lowest BCUT2D eigenvalue weighted by molar-refractivity contribution is 0.442. The van der Waals surface area contributed by atoms with E-state index >= 15 is 0 Å². The minimum atomic E-state index is -0.487. The summed E-state index contributed by atoms with van der Waals surface area (Å²) in [7, 11) is 0. The fourth-order valence-corrected chi connectivity index (χ4v) is 1.68. The molecule has 4 heteroatoms. The van der Waals surface area contributed by atoms with Crippen LogP contribution in [0, 0.1) is 5.82 Å². The molecule has 2 aromatic rings. The zero-order valence-corrected chi connectivity index (χ0v) is 10.6. The van der Waals surface area contributed by atoms with E-state index in [0.29, 0.717) is 10.8 Å². The lowest BCUT2D eigenvalue weighted by Crippen LogP contribution is -2.04.